The number of ether oxygens (including phenoxy) is 2. The molecule has 0 radical (unpaired) electrons. The summed E-state index contributed by atoms with van der Waals surface area (Å²) in [5, 5.41) is 11.0. The number of nitro groups is 1. The first-order valence-electron chi connectivity index (χ1n) is 5.69. The van der Waals surface area contributed by atoms with Crippen molar-refractivity contribution in [2.75, 3.05) is 24.9 Å². The summed E-state index contributed by atoms with van der Waals surface area (Å²) in [6, 6.07) is 2.51. The van der Waals surface area contributed by atoms with Gasteiger partial charge in [0, 0.05) is 11.9 Å². The van der Waals surface area contributed by atoms with Crippen molar-refractivity contribution in [1.29, 1.82) is 0 Å². The largest absolute Gasteiger partial charge is 0.493 e. The van der Waals surface area contributed by atoms with Crippen LogP contribution in [0.5, 0.6) is 11.5 Å². The van der Waals surface area contributed by atoms with Crippen LogP contribution >= 0.6 is 27.5 Å². The maximum atomic E-state index is 11.7. The third-order valence-electron chi connectivity index (χ3n) is 2.44. The van der Waals surface area contributed by atoms with Crippen LogP contribution in [-0.4, -0.2) is 35.6 Å². The normalized spacial score (nSPS) is 10.2. The van der Waals surface area contributed by atoms with E-state index in [0.717, 1.165) is 0 Å². The van der Waals surface area contributed by atoms with Crippen molar-refractivity contribution in [2.45, 2.75) is 6.42 Å². The van der Waals surface area contributed by atoms with Crippen LogP contribution in [0.1, 0.15) is 16.8 Å². The van der Waals surface area contributed by atoms with Gasteiger partial charge in [0.15, 0.2) is 17.3 Å². The molecule has 0 aliphatic heterocycles. The van der Waals surface area contributed by atoms with Crippen molar-refractivity contribution in [1.82, 2.24) is 0 Å². The molecule has 0 aromatic heterocycles. The Labute approximate surface area is 129 Å². The molecule has 0 fully saturated rings. The predicted molar refractivity (Wildman–Crippen MR) is 78.6 cm³/mol. The van der Waals surface area contributed by atoms with Crippen molar-refractivity contribution in [3.63, 3.8) is 0 Å². The Morgan fingerprint density at radius 1 is 1.45 bits per heavy atom. The highest BCUT2D eigenvalue weighted by atomic mass is 79.9. The van der Waals surface area contributed by atoms with Crippen molar-refractivity contribution >= 4 is 39.0 Å². The molecule has 20 heavy (non-hydrogen) atoms. The highest BCUT2D eigenvalue weighted by molar-refractivity contribution is 9.09. The summed E-state index contributed by atoms with van der Waals surface area (Å²) in [5.74, 6) is 0.511. The van der Waals surface area contributed by atoms with Crippen molar-refractivity contribution in [3.8, 4) is 11.5 Å². The number of hydrogen-bond acceptors (Lipinski definition) is 5. The Morgan fingerprint density at radius 3 is 2.65 bits per heavy atom. The fraction of sp³-hybridized carbons (Fsp3) is 0.417. The third-order valence-corrected chi connectivity index (χ3v) is 3.21. The van der Waals surface area contributed by atoms with E-state index in [9.17, 15) is 14.9 Å². The Kier molecular flexibility index (Phi) is 6.74. The summed E-state index contributed by atoms with van der Waals surface area (Å²) in [6.45, 7) is 0.308. The lowest BCUT2D eigenvalue weighted by molar-refractivity contribution is -0.385. The number of nitrogens with zero attached hydrogens (tertiary/aromatic N) is 1. The van der Waals surface area contributed by atoms with Gasteiger partial charge in [-0.05, 0) is 6.42 Å². The van der Waals surface area contributed by atoms with Crippen molar-refractivity contribution < 1.29 is 19.2 Å². The Balaban J connectivity index is 3.22. The third kappa shape index (κ3) is 4.08. The average molecular weight is 367 g/mol. The van der Waals surface area contributed by atoms with Gasteiger partial charge >= 0.3 is 0 Å². The number of carbonyl (C=O) groups excluding carboxylic acids is 1. The molecule has 1 aromatic carbocycles. The van der Waals surface area contributed by atoms with Gasteiger partial charge < -0.3 is 9.47 Å². The number of rotatable bonds is 8. The van der Waals surface area contributed by atoms with E-state index >= 15 is 0 Å². The number of nitro benzene ring substituents is 1. The van der Waals surface area contributed by atoms with Gasteiger partial charge in [-0.1, -0.05) is 15.9 Å². The molecule has 0 atom stereocenters. The van der Waals surface area contributed by atoms with E-state index in [1.165, 1.54) is 19.2 Å². The Morgan fingerprint density at radius 2 is 2.15 bits per heavy atom. The molecule has 0 unspecified atom stereocenters. The second-order valence-electron chi connectivity index (χ2n) is 3.73. The number of ketones is 1. The summed E-state index contributed by atoms with van der Waals surface area (Å²) >= 11 is 8.53. The lowest BCUT2D eigenvalue weighted by Gasteiger charge is -2.11. The lowest BCUT2D eigenvalue weighted by Crippen LogP contribution is -2.07. The second kappa shape index (κ2) is 8.06. The SMILES string of the molecule is COc1cc(C(=O)CBr)c([N+](=O)[O-])cc1OCCCCl. The molecule has 0 heterocycles. The zero-order valence-corrected chi connectivity index (χ0v) is 13.1. The van der Waals surface area contributed by atoms with Crippen LogP contribution in [0.3, 0.4) is 0 Å². The van der Waals surface area contributed by atoms with Crippen LogP contribution in [0.15, 0.2) is 12.1 Å². The summed E-state index contributed by atoms with van der Waals surface area (Å²) in [5.41, 5.74) is -0.329. The first kappa shape index (κ1) is 16.7. The number of carbonyl (C=O) groups is 1. The van der Waals surface area contributed by atoms with Gasteiger partial charge in [0.1, 0.15) is 5.56 Å². The molecule has 8 heteroatoms. The van der Waals surface area contributed by atoms with E-state index in [2.05, 4.69) is 15.9 Å². The predicted octanol–water partition coefficient (Wildman–Crippen LogP) is 3.19. The van der Waals surface area contributed by atoms with Gasteiger partial charge in [-0.3, -0.25) is 14.9 Å². The molecular formula is C12H13BrClNO5. The van der Waals surface area contributed by atoms with Gasteiger partial charge in [-0.2, -0.15) is 0 Å². The van der Waals surface area contributed by atoms with Crippen LogP contribution in [0.2, 0.25) is 0 Å². The molecule has 110 valence electrons. The van der Waals surface area contributed by atoms with Gasteiger partial charge in [0.2, 0.25) is 0 Å². The van der Waals surface area contributed by atoms with Gasteiger partial charge in [-0.25, -0.2) is 0 Å². The van der Waals surface area contributed by atoms with Gasteiger partial charge in [0.05, 0.1) is 30.0 Å². The molecular weight excluding hydrogens is 353 g/mol. The maximum Gasteiger partial charge on any atom is 0.284 e. The summed E-state index contributed by atoms with van der Waals surface area (Å²) in [4.78, 5) is 22.1. The first-order valence-corrected chi connectivity index (χ1v) is 7.35. The molecule has 1 aromatic rings. The Hall–Kier alpha value is -1.34. The van der Waals surface area contributed by atoms with E-state index in [1.807, 2.05) is 0 Å². The molecule has 0 bridgehead atoms. The van der Waals surface area contributed by atoms with E-state index in [-0.39, 0.29) is 28.1 Å². The second-order valence-corrected chi connectivity index (χ2v) is 4.66. The number of halogens is 2. The highest BCUT2D eigenvalue weighted by Gasteiger charge is 2.23. The van der Waals surface area contributed by atoms with Crippen molar-refractivity contribution in [3.05, 3.63) is 27.8 Å². The summed E-state index contributed by atoms with van der Waals surface area (Å²) in [7, 11) is 1.40. The minimum Gasteiger partial charge on any atom is -0.493 e. The topological polar surface area (TPSA) is 78.7 Å². The number of Topliss-reactive ketones (excluding diaryl/α,β-unsaturated/α-hetero) is 1. The van der Waals surface area contributed by atoms with E-state index in [4.69, 9.17) is 21.1 Å². The zero-order valence-electron chi connectivity index (χ0n) is 10.7. The molecule has 0 saturated heterocycles. The number of hydrogen-bond donors (Lipinski definition) is 0. The number of alkyl halides is 2. The monoisotopic (exact) mass is 365 g/mol. The standard InChI is InChI=1S/C12H13BrClNO5/c1-19-11-5-8(10(16)7-13)9(15(17)18)6-12(11)20-4-2-3-14/h5-6H,2-4,7H2,1H3. The van der Waals surface area contributed by atoms with E-state index < -0.39 is 10.7 Å². The lowest BCUT2D eigenvalue weighted by atomic mass is 10.1. The van der Waals surface area contributed by atoms with Gasteiger partial charge in [0.25, 0.3) is 5.69 Å². The summed E-state index contributed by atoms with van der Waals surface area (Å²) < 4.78 is 10.5. The van der Waals surface area contributed by atoms with Crippen molar-refractivity contribution in [2.24, 2.45) is 0 Å². The van der Waals surface area contributed by atoms with E-state index in [0.29, 0.717) is 18.9 Å². The molecule has 0 saturated carbocycles. The molecule has 0 spiro atoms. The maximum absolute atomic E-state index is 11.7. The van der Waals surface area contributed by atoms with Crippen LogP contribution in [0.4, 0.5) is 5.69 Å². The number of benzene rings is 1. The highest BCUT2D eigenvalue weighted by Crippen LogP contribution is 2.35. The summed E-state index contributed by atoms with van der Waals surface area (Å²) in [6.07, 6.45) is 0.598. The van der Waals surface area contributed by atoms with Crippen LogP contribution in [0, 0.1) is 10.1 Å². The molecule has 0 N–H and O–H groups in total. The Bertz CT molecular complexity index is 509. The molecule has 1 rings (SSSR count). The fourth-order valence-electron chi connectivity index (χ4n) is 1.50. The fourth-order valence-corrected chi connectivity index (χ4v) is 1.92. The van der Waals surface area contributed by atoms with Gasteiger partial charge in [-0.15, -0.1) is 11.6 Å². The first-order chi connectivity index (χ1) is 9.54. The number of methoxy groups -OCH3 is 1. The molecule has 0 aliphatic carbocycles. The molecule has 6 nitrogen and oxygen atoms in total. The van der Waals surface area contributed by atoms with E-state index in [1.54, 1.807) is 0 Å². The zero-order chi connectivity index (χ0) is 15.1. The van der Waals surface area contributed by atoms with Crippen LogP contribution in [0.25, 0.3) is 0 Å². The van der Waals surface area contributed by atoms with Crippen LogP contribution < -0.4 is 9.47 Å². The molecule has 0 aliphatic rings. The minimum absolute atomic E-state index is 0.0105. The average Bonchev–Trinajstić information content (AvgIpc) is 2.45. The molecule has 0 amide bonds. The smallest absolute Gasteiger partial charge is 0.284 e. The quantitative estimate of drug-likeness (QED) is 0.232. The van der Waals surface area contributed by atoms with Crippen LogP contribution in [-0.2, 0) is 0 Å². The minimum atomic E-state index is -0.621.